The molecule has 0 amide bonds. The van der Waals surface area contributed by atoms with Gasteiger partial charge in [0.1, 0.15) is 5.82 Å². The summed E-state index contributed by atoms with van der Waals surface area (Å²) in [5, 5.41) is 4.25. The highest BCUT2D eigenvalue weighted by atomic mass is 79.9. The fourth-order valence-corrected chi connectivity index (χ4v) is 2.83. The van der Waals surface area contributed by atoms with Crippen LogP contribution in [0.2, 0.25) is 0 Å². The highest BCUT2D eigenvalue weighted by Crippen LogP contribution is 2.28. The molecule has 21 heavy (non-hydrogen) atoms. The van der Waals surface area contributed by atoms with E-state index in [0.29, 0.717) is 5.56 Å². The van der Waals surface area contributed by atoms with E-state index in [1.165, 1.54) is 6.07 Å². The normalized spacial score (nSPS) is 12.5. The molecule has 106 valence electrons. The molecular formula is C17H14BrFN2. The van der Waals surface area contributed by atoms with Crippen molar-refractivity contribution in [3.63, 3.8) is 0 Å². The lowest BCUT2D eigenvalue weighted by molar-refractivity contribution is 0.575. The van der Waals surface area contributed by atoms with Gasteiger partial charge in [0.15, 0.2) is 0 Å². The largest absolute Gasteiger partial charge is 0.309 e. The zero-order valence-corrected chi connectivity index (χ0v) is 13.1. The van der Waals surface area contributed by atoms with Gasteiger partial charge in [-0.05, 0) is 36.9 Å². The van der Waals surface area contributed by atoms with Gasteiger partial charge in [0.05, 0.1) is 11.6 Å². The molecule has 2 aromatic carbocycles. The van der Waals surface area contributed by atoms with Crippen LogP contribution < -0.4 is 5.32 Å². The summed E-state index contributed by atoms with van der Waals surface area (Å²) in [5.74, 6) is -0.232. The first-order valence-corrected chi connectivity index (χ1v) is 7.45. The van der Waals surface area contributed by atoms with Crippen molar-refractivity contribution in [1.82, 2.24) is 10.3 Å². The van der Waals surface area contributed by atoms with Gasteiger partial charge in [-0.15, -0.1) is 0 Å². The zero-order valence-electron chi connectivity index (χ0n) is 11.5. The van der Waals surface area contributed by atoms with Crippen LogP contribution in [0.25, 0.3) is 10.9 Å². The Hall–Kier alpha value is -1.78. The van der Waals surface area contributed by atoms with Crippen molar-refractivity contribution in [2.24, 2.45) is 0 Å². The van der Waals surface area contributed by atoms with Gasteiger partial charge < -0.3 is 5.32 Å². The molecule has 0 bridgehead atoms. The van der Waals surface area contributed by atoms with E-state index in [2.05, 4.69) is 26.2 Å². The van der Waals surface area contributed by atoms with Crippen LogP contribution in [0.1, 0.15) is 17.2 Å². The molecule has 0 radical (unpaired) electrons. The Balaban J connectivity index is 2.09. The van der Waals surface area contributed by atoms with E-state index in [1.54, 1.807) is 12.3 Å². The zero-order chi connectivity index (χ0) is 14.8. The highest BCUT2D eigenvalue weighted by Gasteiger charge is 2.16. The number of aromatic nitrogens is 1. The van der Waals surface area contributed by atoms with E-state index in [1.807, 2.05) is 43.4 Å². The minimum Gasteiger partial charge on any atom is -0.309 e. The third kappa shape index (κ3) is 2.82. The molecule has 0 fully saturated rings. The Bertz CT molecular complexity index is 789. The van der Waals surface area contributed by atoms with Crippen molar-refractivity contribution >= 4 is 26.8 Å². The first kappa shape index (κ1) is 14.2. The number of fused-ring (bicyclic) bond motifs is 1. The van der Waals surface area contributed by atoms with Crippen molar-refractivity contribution in [3.8, 4) is 0 Å². The number of hydrogen-bond acceptors (Lipinski definition) is 2. The van der Waals surface area contributed by atoms with E-state index < -0.39 is 0 Å². The fraction of sp³-hybridized carbons (Fsp3) is 0.118. The summed E-state index contributed by atoms with van der Waals surface area (Å²) in [5.41, 5.74) is 2.52. The smallest absolute Gasteiger partial charge is 0.129 e. The van der Waals surface area contributed by atoms with Crippen molar-refractivity contribution < 1.29 is 4.39 Å². The van der Waals surface area contributed by atoms with Gasteiger partial charge in [-0.3, -0.25) is 4.98 Å². The highest BCUT2D eigenvalue weighted by molar-refractivity contribution is 9.10. The number of rotatable bonds is 3. The first-order chi connectivity index (χ1) is 10.2. The third-order valence-electron chi connectivity index (χ3n) is 3.53. The van der Waals surface area contributed by atoms with Crippen molar-refractivity contribution in [2.45, 2.75) is 6.04 Å². The summed E-state index contributed by atoms with van der Waals surface area (Å²) >= 11 is 3.29. The molecule has 0 aliphatic rings. The number of benzene rings is 2. The molecule has 3 rings (SSSR count). The lowest BCUT2D eigenvalue weighted by Gasteiger charge is -2.18. The molecule has 2 nitrogen and oxygen atoms in total. The summed E-state index contributed by atoms with van der Waals surface area (Å²) in [6, 6.07) is 14.9. The van der Waals surface area contributed by atoms with Crippen molar-refractivity contribution in [3.05, 3.63) is 76.1 Å². The molecule has 0 saturated heterocycles. The van der Waals surface area contributed by atoms with E-state index in [0.717, 1.165) is 20.9 Å². The van der Waals surface area contributed by atoms with Crippen LogP contribution in [0.3, 0.4) is 0 Å². The molecule has 1 heterocycles. The summed E-state index contributed by atoms with van der Waals surface area (Å²) < 4.78 is 14.9. The third-order valence-corrected chi connectivity index (χ3v) is 4.02. The second-order valence-corrected chi connectivity index (χ2v) is 5.76. The van der Waals surface area contributed by atoms with Crippen molar-refractivity contribution in [2.75, 3.05) is 7.05 Å². The fourth-order valence-electron chi connectivity index (χ4n) is 2.50. The van der Waals surface area contributed by atoms with Crippen LogP contribution in [0.5, 0.6) is 0 Å². The summed E-state index contributed by atoms with van der Waals surface area (Å²) in [6.07, 6.45) is 1.76. The van der Waals surface area contributed by atoms with Crippen LogP contribution in [-0.4, -0.2) is 12.0 Å². The molecule has 1 aromatic heterocycles. The van der Waals surface area contributed by atoms with Gasteiger partial charge in [0.2, 0.25) is 0 Å². The van der Waals surface area contributed by atoms with Crippen LogP contribution in [-0.2, 0) is 0 Å². The van der Waals surface area contributed by atoms with Gasteiger partial charge in [-0.1, -0.05) is 40.2 Å². The Morgan fingerprint density at radius 3 is 2.76 bits per heavy atom. The predicted molar refractivity (Wildman–Crippen MR) is 86.7 cm³/mol. The average molecular weight is 345 g/mol. The number of nitrogens with zero attached hydrogens (tertiary/aromatic N) is 1. The summed E-state index contributed by atoms with van der Waals surface area (Å²) in [7, 11) is 1.83. The standard InChI is InChI=1S/C17H14BrFN2/c1-20-17(14-7-6-13(18)10-15(14)19)12-5-4-11-3-2-8-21-16(11)9-12/h2-10,17,20H,1H3. The maximum absolute atomic E-state index is 14.2. The molecule has 0 spiro atoms. The molecule has 1 unspecified atom stereocenters. The van der Waals surface area contributed by atoms with E-state index in [-0.39, 0.29) is 11.9 Å². The quantitative estimate of drug-likeness (QED) is 0.759. The van der Waals surface area contributed by atoms with Crippen LogP contribution in [0.4, 0.5) is 4.39 Å². The minimum atomic E-state index is -0.232. The van der Waals surface area contributed by atoms with E-state index >= 15 is 0 Å². The number of hydrogen-bond donors (Lipinski definition) is 1. The SMILES string of the molecule is CNC(c1ccc2cccnc2c1)c1ccc(Br)cc1F. The lowest BCUT2D eigenvalue weighted by atomic mass is 9.97. The molecule has 1 atom stereocenters. The number of pyridine rings is 1. The Morgan fingerprint density at radius 2 is 2.00 bits per heavy atom. The van der Waals surface area contributed by atoms with Gasteiger partial charge in [-0.2, -0.15) is 0 Å². The molecule has 0 aliphatic heterocycles. The molecule has 4 heteroatoms. The number of halogens is 2. The second kappa shape index (κ2) is 5.92. The van der Waals surface area contributed by atoms with Crippen molar-refractivity contribution in [1.29, 1.82) is 0 Å². The molecule has 3 aromatic rings. The summed E-state index contributed by atoms with van der Waals surface area (Å²) in [6.45, 7) is 0. The Kier molecular flexibility index (Phi) is 3.99. The maximum Gasteiger partial charge on any atom is 0.129 e. The second-order valence-electron chi connectivity index (χ2n) is 4.84. The van der Waals surface area contributed by atoms with Gasteiger partial charge in [-0.25, -0.2) is 4.39 Å². The maximum atomic E-state index is 14.2. The number of nitrogens with one attached hydrogen (secondary N) is 1. The molecular weight excluding hydrogens is 331 g/mol. The van der Waals surface area contributed by atoms with E-state index in [4.69, 9.17) is 0 Å². The van der Waals surface area contributed by atoms with Crippen LogP contribution in [0, 0.1) is 5.82 Å². The average Bonchev–Trinajstić information content (AvgIpc) is 2.50. The van der Waals surface area contributed by atoms with Crippen LogP contribution in [0.15, 0.2) is 59.2 Å². The molecule has 0 saturated carbocycles. The van der Waals surface area contributed by atoms with Crippen LogP contribution >= 0.6 is 15.9 Å². The Morgan fingerprint density at radius 1 is 1.14 bits per heavy atom. The van der Waals surface area contributed by atoms with Gasteiger partial charge in [0, 0.05) is 21.6 Å². The molecule has 0 aliphatic carbocycles. The molecule has 1 N–H and O–H groups in total. The topological polar surface area (TPSA) is 24.9 Å². The van der Waals surface area contributed by atoms with Gasteiger partial charge >= 0.3 is 0 Å². The minimum absolute atomic E-state index is 0.204. The lowest BCUT2D eigenvalue weighted by Crippen LogP contribution is -2.19. The Labute approximate surface area is 131 Å². The summed E-state index contributed by atoms with van der Waals surface area (Å²) in [4.78, 5) is 4.36. The van der Waals surface area contributed by atoms with E-state index in [9.17, 15) is 4.39 Å². The predicted octanol–water partition coefficient (Wildman–Crippen LogP) is 4.45. The first-order valence-electron chi connectivity index (χ1n) is 6.66. The monoisotopic (exact) mass is 344 g/mol. The van der Waals surface area contributed by atoms with Gasteiger partial charge in [0.25, 0.3) is 0 Å².